The van der Waals surface area contributed by atoms with Gasteiger partial charge in [0.25, 0.3) is 5.56 Å². The summed E-state index contributed by atoms with van der Waals surface area (Å²) in [4.78, 5) is 25.0. The van der Waals surface area contributed by atoms with Crippen molar-refractivity contribution in [2.24, 2.45) is 7.05 Å². The SMILES string of the molecule is Cc1cn([C@@H]2O[C@H]3CO[Si](C(C)C)(C(C)C)O[Si](C(C)C)(C(C)C)O[C@@H]3[C@@H]2F)c(=O)n(C)c1=O. The number of ether oxygens (including phenoxy) is 1. The molecule has 3 rings (SSSR count). The molecule has 194 valence electrons. The Kier molecular flexibility index (Phi) is 7.87. The number of rotatable bonds is 5. The van der Waals surface area contributed by atoms with Gasteiger partial charge in [0, 0.05) is 18.8 Å². The van der Waals surface area contributed by atoms with Gasteiger partial charge in [-0.3, -0.25) is 13.9 Å². The van der Waals surface area contributed by atoms with Crippen LogP contribution in [0.1, 0.15) is 67.2 Å². The van der Waals surface area contributed by atoms with E-state index in [0.717, 1.165) is 4.57 Å². The van der Waals surface area contributed by atoms with Crippen LogP contribution in [-0.2, 0) is 24.8 Å². The standard InChI is InChI=1S/C23H41FN2O6Si2/c1-13(2)33(14(3)4)29-12-18-20(31-34(32-33,15(5)6)16(7)8)19(24)22(30-18)26-11-17(9)21(27)25(10)23(26)28/h11,13-16,18-20,22H,12H2,1-10H3/t18-,19-,20-,22+/m0/s1. The molecule has 0 N–H and O–H groups in total. The molecule has 0 radical (unpaired) electrons. The van der Waals surface area contributed by atoms with Gasteiger partial charge in [-0.05, 0) is 29.1 Å². The van der Waals surface area contributed by atoms with E-state index in [0.29, 0.717) is 5.56 Å². The number of aryl methyl sites for hydroxylation is 1. The van der Waals surface area contributed by atoms with Gasteiger partial charge in [0.1, 0.15) is 12.2 Å². The second-order valence-corrected chi connectivity index (χ2v) is 19.8. The van der Waals surface area contributed by atoms with Gasteiger partial charge in [0.2, 0.25) is 0 Å². The van der Waals surface area contributed by atoms with Crippen molar-refractivity contribution in [1.29, 1.82) is 0 Å². The van der Waals surface area contributed by atoms with Gasteiger partial charge in [-0.25, -0.2) is 9.18 Å². The van der Waals surface area contributed by atoms with Crippen LogP contribution in [0.15, 0.2) is 15.8 Å². The van der Waals surface area contributed by atoms with Crippen molar-refractivity contribution in [2.75, 3.05) is 6.61 Å². The normalized spacial score (nSPS) is 29.0. The first-order valence-corrected chi connectivity index (χ1v) is 16.2. The number of aromatic nitrogens is 2. The Bertz CT molecular complexity index is 992. The fourth-order valence-electron chi connectivity index (χ4n) is 5.36. The topological polar surface area (TPSA) is 80.9 Å². The van der Waals surface area contributed by atoms with Gasteiger partial charge in [-0.1, -0.05) is 55.4 Å². The van der Waals surface area contributed by atoms with E-state index in [9.17, 15) is 9.59 Å². The summed E-state index contributed by atoms with van der Waals surface area (Å²) in [6, 6.07) is 0. The number of halogens is 1. The molecule has 0 aliphatic carbocycles. The highest BCUT2D eigenvalue weighted by Gasteiger charge is 2.62. The summed E-state index contributed by atoms with van der Waals surface area (Å²) in [5.74, 6) is 0. The summed E-state index contributed by atoms with van der Waals surface area (Å²) in [7, 11) is -4.41. The third kappa shape index (κ3) is 4.32. The van der Waals surface area contributed by atoms with E-state index in [1.54, 1.807) is 6.92 Å². The van der Waals surface area contributed by atoms with Crippen molar-refractivity contribution in [3.63, 3.8) is 0 Å². The molecular formula is C23H41FN2O6Si2. The summed E-state index contributed by atoms with van der Waals surface area (Å²) in [5, 5.41) is 0. The van der Waals surface area contributed by atoms with Crippen molar-refractivity contribution in [2.45, 2.75) is 109 Å². The Morgan fingerprint density at radius 2 is 1.50 bits per heavy atom. The molecule has 2 aliphatic rings. The first kappa shape index (κ1) is 27.5. The zero-order chi connectivity index (χ0) is 25.7. The first-order valence-electron chi connectivity index (χ1n) is 12.3. The second kappa shape index (κ2) is 9.74. The minimum atomic E-state index is -3.01. The van der Waals surface area contributed by atoms with Gasteiger partial charge >= 0.3 is 22.8 Å². The van der Waals surface area contributed by atoms with E-state index in [-0.39, 0.29) is 28.8 Å². The summed E-state index contributed by atoms with van der Waals surface area (Å²) < 4.78 is 44.8. The lowest BCUT2D eigenvalue weighted by Gasteiger charge is -2.51. The number of alkyl halides is 1. The van der Waals surface area contributed by atoms with E-state index in [1.165, 1.54) is 17.8 Å². The number of nitrogens with zero attached hydrogens (tertiary/aromatic N) is 2. The predicted octanol–water partition coefficient (Wildman–Crippen LogP) is 4.05. The molecule has 0 unspecified atom stereocenters. The minimum Gasteiger partial charge on any atom is -0.414 e. The Morgan fingerprint density at radius 3 is 2.00 bits per heavy atom. The molecule has 3 heterocycles. The smallest absolute Gasteiger partial charge is 0.335 e. The van der Waals surface area contributed by atoms with Gasteiger partial charge in [-0.2, -0.15) is 0 Å². The fourth-order valence-corrected chi connectivity index (χ4v) is 16.6. The third-order valence-corrected chi connectivity index (χ3v) is 17.6. The van der Waals surface area contributed by atoms with Crippen LogP contribution in [0.5, 0.6) is 0 Å². The highest BCUT2D eigenvalue weighted by molar-refractivity contribution is 6.83. The molecule has 0 bridgehead atoms. The van der Waals surface area contributed by atoms with Crippen LogP contribution in [0.3, 0.4) is 0 Å². The maximum atomic E-state index is 16.1. The second-order valence-electron chi connectivity index (χ2n) is 10.9. The Hall–Kier alpha value is -1.12. The van der Waals surface area contributed by atoms with Gasteiger partial charge < -0.3 is 17.7 Å². The highest BCUT2D eigenvalue weighted by atomic mass is 28.5. The molecule has 0 aromatic carbocycles. The van der Waals surface area contributed by atoms with Crippen LogP contribution in [0, 0.1) is 6.92 Å². The molecule has 2 fully saturated rings. The van der Waals surface area contributed by atoms with Crippen molar-refractivity contribution in [1.82, 2.24) is 9.13 Å². The molecule has 0 saturated carbocycles. The van der Waals surface area contributed by atoms with Gasteiger partial charge in [0.15, 0.2) is 12.4 Å². The van der Waals surface area contributed by atoms with Crippen LogP contribution in [0.4, 0.5) is 4.39 Å². The molecule has 4 atom stereocenters. The predicted molar refractivity (Wildman–Crippen MR) is 133 cm³/mol. The molecule has 34 heavy (non-hydrogen) atoms. The van der Waals surface area contributed by atoms with E-state index in [2.05, 4.69) is 55.4 Å². The molecule has 11 heteroatoms. The largest absolute Gasteiger partial charge is 0.414 e. The van der Waals surface area contributed by atoms with Crippen LogP contribution in [-0.4, -0.2) is 51.2 Å². The molecule has 1 aromatic heterocycles. The zero-order valence-corrected chi connectivity index (χ0v) is 24.1. The Morgan fingerprint density at radius 1 is 0.971 bits per heavy atom. The summed E-state index contributed by atoms with van der Waals surface area (Å²) in [5.41, 5.74) is -0.292. The monoisotopic (exact) mass is 516 g/mol. The Labute approximate surface area is 203 Å². The van der Waals surface area contributed by atoms with Crippen LogP contribution in [0.25, 0.3) is 0 Å². The molecular weight excluding hydrogens is 475 g/mol. The lowest BCUT2D eigenvalue weighted by atomic mass is 10.1. The van der Waals surface area contributed by atoms with Crippen molar-refractivity contribution >= 4 is 17.1 Å². The molecule has 2 aliphatic heterocycles. The molecule has 8 nitrogen and oxygen atoms in total. The average Bonchev–Trinajstić information content (AvgIpc) is 3.03. The first-order chi connectivity index (χ1) is 15.7. The molecule has 0 spiro atoms. The molecule has 1 aromatic rings. The quantitative estimate of drug-likeness (QED) is 0.550. The lowest BCUT2D eigenvalue weighted by molar-refractivity contribution is -0.0581. The third-order valence-electron chi connectivity index (χ3n) is 7.36. The van der Waals surface area contributed by atoms with Crippen LogP contribution < -0.4 is 11.2 Å². The summed E-state index contributed by atoms with van der Waals surface area (Å²) >= 11 is 0. The maximum absolute atomic E-state index is 16.1. The minimum absolute atomic E-state index is 0.0491. The van der Waals surface area contributed by atoms with E-state index < -0.39 is 53.0 Å². The van der Waals surface area contributed by atoms with Crippen molar-refractivity contribution < 1.29 is 22.1 Å². The van der Waals surface area contributed by atoms with Crippen LogP contribution in [0.2, 0.25) is 22.2 Å². The lowest BCUT2D eigenvalue weighted by Crippen LogP contribution is -2.65. The van der Waals surface area contributed by atoms with E-state index >= 15 is 4.39 Å². The fraction of sp³-hybridized carbons (Fsp3) is 0.826. The van der Waals surface area contributed by atoms with E-state index in [1.807, 2.05) is 0 Å². The number of fused-ring (bicyclic) bond motifs is 1. The maximum Gasteiger partial charge on any atom is 0.335 e. The van der Waals surface area contributed by atoms with Crippen molar-refractivity contribution in [3.8, 4) is 0 Å². The summed E-state index contributed by atoms with van der Waals surface area (Å²) in [6.07, 6.45) is -3.09. The average molecular weight is 517 g/mol. The van der Waals surface area contributed by atoms with Gasteiger partial charge in [0.05, 0.1) is 6.61 Å². The Balaban J connectivity index is 2.12. The molecule has 0 amide bonds. The summed E-state index contributed by atoms with van der Waals surface area (Å²) in [6.45, 7) is 18.5. The number of hydrogen-bond donors (Lipinski definition) is 0. The van der Waals surface area contributed by atoms with Gasteiger partial charge in [-0.15, -0.1) is 0 Å². The van der Waals surface area contributed by atoms with Crippen molar-refractivity contribution in [3.05, 3.63) is 32.6 Å². The van der Waals surface area contributed by atoms with E-state index in [4.69, 9.17) is 17.7 Å². The number of hydrogen-bond acceptors (Lipinski definition) is 6. The zero-order valence-electron chi connectivity index (χ0n) is 22.1. The molecule has 2 saturated heterocycles. The highest BCUT2D eigenvalue weighted by Crippen LogP contribution is 2.48. The van der Waals surface area contributed by atoms with Crippen LogP contribution >= 0.6 is 0 Å².